The molecule has 3 aromatic rings. The van der Waals surface area contributed by atoms with Crippen LogP contribution in [0.15, 0.2) is 42.5 Å². The summed E-state index contributed by atoms with van der Waals surface area (Å²) in [5, 5.41) is 14.3. The SMILES string of the molecule is CC(C)CCNC(=O)c1cccc(CCCN2CC3CC(C3)C2)n1.Cc1cc(-c2c(C)cc(F)cc2C)cc([C@H](CC(=O)O)NC=O)c1F. The van der Waals surface area contributed by atoms with Crippen molar-refractivity contribution in [1.82, 2.24) is 20.5 Å². The van der Waals surface area contributed by atoms with Gasteiger partial charge in [-0.1, -0.05) is 19.9 Å². The molecule has 1 atom stereocenters. The number of benzene rings is 2. The summed E-state index contributed by atoms with van der Waals surface area (Å²) >= 11 is 0. The lowest BCUT2D eigenvalue weighted by Gasteiger charge is -2.47. The highest BCUT2D eigenvalue weighted by atomic mass is 19.1. The highest BCUT2D eigenvalue weighted by Crippen LogP contribution is 2.39. The lowest BCUT2D eigenvalue weighted by atomic mass is 9.71. The predicted octanol–water partition coefficient (Wildman–Crippen LogP) is 6.95. The third kappa shape index (κ3) is 10.7. The van der Waals surface area contributed by atoms with Gasteiger partial charge in [-0.3, -0.25) is 14.4 Å². The maximum absolute atomic E-state index is 14.6. The summed E-state index contributed by atoms with van der Waals surface area (Å²) in [5.41, 5.74) is 4.77. The first-order chi connectivity index (χ1) is 23.3. The van der Waals surface area contributed by atoms with E-state index in [1.807, 2.05) is 18.2 Å². The van der Waals surface area contributed by atoms with Crippen molar-refractivity contribution in [2.24, 2.45) is 17.8 Å². The second-order valence-electron chi connectivity index (χ2n) is 14.1. The molecule has 2 aromatic carbocycles. The number of nitrogens with one attached hydrogen (secondary N) is 2. The molecule has 1 saturated carbocycles. The third-order valence-electron chi connectivity index (χ3n) is 9.41. The highest BCUT2D eigenvalue weighted by Gasteiger charge is 2.36. The van der Waals surface area contributed by atoms with Crippen molar-refractivity contribution in [3.63, 3.8) is 0 Å². The van der Waals surface area contributed by atoms with E-state index in [4.69, 9.17) is 5.11 Å². The number of carbonyl (C=O) groups excluding carboxylic acids is 2. The minimum absolute atomic E-state index is 0.0476. The van der Waals surface area contributed by atoms with Gasteiger partial charge < -0.3 is 20.6 Å². The molecule has 8 nitrogen and oxygen atoms in total. The topological polar surface area (TPSA) is 112 Å². The summed E-state index contributed by atoms with van der Waals surface area (Å²) in [6, 6.07) is 10.7. The Kier molecular flexibility index (Phi) is 13.4. The van der Waals surface area contributed by atoms with Gasteiger partial charge in [0.1, 0.15) is 17.3 Å². The fourth-order valence-electron chi connectivity index (χ4n) is 7.03. The van der Waals surface area contributed by atoms with Gasteiger partial charge in [-0.25, -0.2) is 13.8 Å². The van der Waals surface area contributed by atoms with Gasteiger partial charge in [-0.2, -0.15) is 0 Å². The summed E-state index contributed by atoms with van der Waals surface area (Å²) in [4.78, 5) is 41.2. The second kappa shape index (κ2) is 17.5. The molecule has 0 unspecified atom stereocenters. The van der Waals surface area contributed by atoms with Crippen LogP contribution in [0.3, 0.4) is 0 Å². The Bertz CT molecular complexity index is 1590. The number of aryl methyl sites for hydroxylation is 4. The number of rotatable bonds is 14. The van der Waals surface area contributed by atoms with Crippen LogP contribution >= 0.6 is 0 Å². The summed E-state index contributed by atoms with van der Waals surface area (Å²) < 4.78 is 28.1. The molecule has 49 heavy (non-hydrogen) atoms. The molecule has 3 N–H and O–H groups in total. The number of halogens is 2. The maximum Gasteiger partial charge on any atom is 0.305 e. The fourth-order valence-corrected chi connectivity index (χ4v) is 7.03. The molecule has 0 radical (unpaired) electrons. The highest BCUT2D eigenvalue weighted by molar-refractivity contribution is 5.92. The van der Waals surface area contributed by atoms with E-state index in [-0.39, 0.29) is 17.3 Å². The minimum Gasteiger partial charge on any atom is -0.481 e. The Morgan fingerprint density at radius 3 is 2.31 bits per heavy atom. The number of aromatic nitrogens is 1. The molecule has 2 bridgehead atoms. The number of piperidine rings is 2. The number of fused-ring (bicyclic) bond motifs is 2. The Balaban J connectivity index is 0.000000221. The van der Waals surface area contributed by atoms with Crippen molar-refractivity contribution >= 4 is 18.3 Å². The largest absolute Gasteiger partial charge is 0.481 e. The van der Waals surface area contributed by atoms with Crippen molar-refractivity contribution in [1.29, 1.82) is 0 Å². The van der Waals surface area contributed by atoms with Gasteiger partial charge in [0, 0.05) is 30.9 Å². The molecule has 1 aromatic heterocycles. The zero-order valence-corrected chi connectivity index (χ0v) is 29.3. The first-order valence-corrected chi connectivity index (χ1v) is 17.3. The van der Waals surface area contributed by atoms with E-state index < -0.39 is 24.2 Å². The number of hydrogen-bond donors (Lipinski definition) is 3. The van der Waals surface area contributed by atoms with Crippen LogP contribution in [0.1, 0.15) is 90.4 Å². The van der Waals surface area contributed by atoms with Crippen LogP contribution in [0.4, 0.5) is 8.78 Å². The lowest BCUT2D eigenvalue weighted by Crippen LogP contribution is -2.48. The Labute approximate surface area is 288 Å². The number of nitrogens with zero attached hydrogens (tertiary/aromatic N) is 2. The minimum atomic E-state index is -1.16. The van der Waals surface area contributed by atoms with E-state index in [2.05, 4.69) is 34.4 Å². The first kappa shape index (κ1) is 37.6. The van der Waals surface area contributed by atoms with Gasteiger partial charge in [-0.15, -0.1) is 0 Å². The van der Waals surface area contributed by atoms with Crippen molar-refractivity contribution < 1.29 is 28.3 Å². The van der Waals surface area contributed by atoms with E-state index in [0.717, 1.165) is 48.9 Å². The van der Waals surface area contributed by atoms with E-state index in [1.54, 1.807) is 26.8 Å². The average Bonchev–Trinajstić information content (AvgIpc) is 3.02. The summed E-state index contributed by atoms with van der Waals surface area (Å²) in [7, 11) is 0. The van der Waals surface area contributed by atoms with Gasteiger partial charge >= 0.3 is 5.97 Å². The monoisotopic (exact) mass is 676 g/mol. The molecule has 3 heterocycles. The van der Waals surface area contributed by atoms with Crippen LogP contribution in [0.2, 0.25) is 0 Å². The smallest absolute Gasteiger partial charge is 0.305 e. The van der Waals surface area contributed by atoms with Crippen LogP contribution in [-0.4, -0.2) is 59.5 Å². The van der Waals surface area contributed by atoms with Crippen molar-refractivity contribution in [2.75, 3.05) is 26.2 Å². The average molecular weight is 677 g/mol. The summed E-state index contributed by atoms with van der Waals surface area (Å²) in [6.45, 7) is 13.9. The molecule has 1 aliphatic carbocycles. The standard InChI is InChI=1S/C20H31N3O.C19H19F2NO3/c1-15(2)8-9-21-20(24)19-7-3-5-18(22-19)6-4-10-23-13-16-11-17(12-16)14-23;1-10-5-14(20)6-11(2)18(10)13-4-12(3)19(21)15(7-13)16(22-9-23)8-17(24)25/h3,5,7,15-17H,4,6,8-14H2,1-2H3,(H,21,24);4-7,9,16H,8H2,1-3H3,(H,22,23)(H,24,25)/t;16-/m.0/s1. The van der Waals surface area contributed by atoms with Crippen LogP contribution in [-0.2, 0) is 16.0 Å². The van der Waals surface area contributed by atoms with E-state index in [9.17, 15) is 23.2 Å². The van der Waals surface area contributed by atoms with Gasteiger partial charge in [0.15, 0.2) is 0 Å². The van der Waals surface area contributed by atoms with Crippen molar-refractivity contribution in [3.8, 4) is 11.1 Å². The second-order valence-corrected chi connectivity index (χ2v) is 14.1. The van der Waals surface area contributed by atoms with Gasteiger partial charge in [0.05, 0.1) is 12.5 Å². The molecule has 0 spiro atoms. The molecular weight excluding hydrogens is 626 g/mol. The summed E-state index contributed by atoms with van der Waals surface area (Å²) in [5.74, 6) is 0.417. The molecule has 264 valence electrons. The maximum atomic E-state index is 14.6. The number of carbonyl (C=O) groups is 3. The van der Waals surface area contributed by atoms with Crippen LogP contribution < -0.4 is 10.6 Å². The van der Waals surface area contributed by atoms with E-state index in [1.165, 1.54) is 50.7 Å². The summed E-state index contributed by atoms with van der Waals surface area (Å²) in [6.07, 6.45) is 5.93. The molecule has 6 rings (SSSR count). The normalized spacial score (nSPS) is 17.4. The fraction of sp³-hybridized carbons (Fsp3) is 0.487. The van der Waals surface area contributed by atoms with Gasteiger partial charge in [0.25, 0.3) is 5.91 Å². The van der Waals surface area contributed by atoms with Gasteiger partial charge in [0.2, 0.25) is 6.41 Å². The molecule has 3 aliphatic rings. The number of carboxylic acids is 1. The van der Waals surface area contributed by atoms with E-state index in [0.29, 0.717) is 40.3 Å². The quantitative estimate of drug-likeness (QED) is 0.159. The Morgan fingerprint density at radius 1 is 1.02 bits per heavy atom. The number of aliphatic carboxylic acids is 1. The molecule has 2 aliphatic heterocycles. The number of pyridine rings is 1. The van der Waals surface area contributed by atoms with Crippen LogP contribution in [0.25, 0.3) is 11.1 Å². The third-order valence-corrected chi connectivity index (χ3v) is 9.41. The Hall–Kier alpha value is -4.18. The molecule has 2 amide bonds. The molecule has 10 heteroatoms. The lowest BCUT2D eigenvalue weighted by molar-refractivity contribution is -0.137. The zero-order chi connectivity index (χ0) is 35.7. The molecular formula is C39H50F2N4O4. The van der Waals surface area contributed by atoms with Crippen LogP contribution in [0, 0.1) is 50.2 Å². The Morgan fingerprint density at radius 2 is 1.69 bits per heavy atom. The predicted molar refractivity (Wildman–Crippen MR) is 187 cm³/mol. The number of amides is 2. The number of carboxylic acid groups (broad SMARTS) is 1. The first-order valence-electron chi connectivity index (χ1n) is 17.3. The van der Waals surface area contributed by atoms with Crippen molar-refractivity contribution in [2.45, 2.75) is 79.2 Å². The van der Waals surface area contributed by atoms with Crippen molar-refractivity contribution in [3.05, 3.63) is 87.7 Å². The van der Waals surface area contributed by atoms with E-state index >= 15 is 0 Å². The molecule has 3 fully saturated rings. The molecule has 2 saturated heterocycles. The number of hydrogen-bond acceptors (Lipinski definition) is 5. The van der Waals surface area contributed by atoms with Gasteiger partial charge in [-0.05, 0) is 141 Å². The van der Waals surface area contributed by atoms with Crippen LogP contribution in [0.5, 0.6) is 0 Å². The zero-order valence-electron chi connectivity index (χ0n) is 29.3.